The zero-order valence-corrected chi connectivity index (χ0v) is 16.3. The van der Waals surface area contributed by atoms with E-state index < -0.39 is 18.1 Å². The van der Waals surface area contributed by atoms with Crippen LogP contribution in [-0.4, -0.2) is 49.5 Å². The number of alkyl carbamates (subject to hydrolysis) is 1. The summed E-state index contributed by atoms with van der Waals surface area (Å²) in [5, 5.41) is 14.7. The zero-order chi connectivity index (χ0) is 20.6. The maximum Gasteiger partial charge on any atom is 0.407 e. The lowest BCUT2D eigenvalue weighted by molar-refractivity contribution is -0.139. The molecule has 2 aromatic carbocycles. The lowest BCUT2D eigenvalue weighted by Gasteiger charge is -2.16. The molecule has 0 saturated heterocycles. The molecule has 1 aliphatic carbocycles. The Bertz CT molecular complexity index is 810. The van der Waals surface area contributed by atoms with E-state index in [-0.39, 0.29) is 19.1 Å². The molecule has 154 valence electrons. The number of carbonyl (C=O) groups is 2. The van der Waals surface area contributed by atoms with Gasteiger partial charge in [0.25, 0.3) is 0 Å². The van der Waals surface area contributed by atoms with E-state index in [1.54, 1.807) is 0 Å². The highest BCUT2D eigenvalue weighted by molar-refractivity contribution is 5.79. The fourth-order valence-electron chi connectivity index (χ4n) is 3.70. The summed E-state index contributed by atoms with van der Waals surface area (Å²) in [5.41, 5.74) is 10.1. The van der Waals surface area contributed by atoms with E-state index in [2.05, 4.69) is 34.9 Å². The summed E-state index contributed by atoms with van der Waals surface area (Å²) in [5.74, 6) is -0.904. The molecule has 0 fully saturated rings. The summed E-state index contributed by atoms with van der Waals surface area (Å²) in [6.07, 6.45) is 0.572. The third-order valence-corrected chi connectivity index (χ3v) is 5.12. The van der Waals surface area contributed by atoms with Gasteiger partial charge in [-0.1, -0.05) is 48.5 Å². The summed E-state index contributed by atoms with van der Waals surface area (Å²) in [6.45, 7) is 1.32. The van der Waals surface area contributed by atoms with Crippen LogP contribution < -0.4 is 16.4 Å². The van der Waals surface area contributed by atoms with E-state index in [0.29, 0.717) is 25.9 Å². The van der Waals surface area contributed by atoms with Crippen LogP contribution in [-0.2, 0) is 9.53 Å². The Morgan fingerprint density at radius 2 is 1.66 bits per heavy atom. The molecule has 5 N–H and O–H groups in total. The number of carboxylic acids is 1. The van der Waals surface area contributed by atoms with Crippen molar-refractivity contribution in [2.45, 2.75) is 24.8 Å². The molecule has 1 amide bonds. The van der Waals surface area contributed by atoms with Gasteiger partial charge >= 0.3 is 12.1 Å². The van der Waals surface area contributed by atoms with E-state index in [0.717, 1.165) is 11.1 Å². The number of amides is 1. The van der Waals surface area contributed by atoms with E-state index >= 15 is 0 Å². The van der Waals surface area contributed by atoms with Crippen LogP contribution in [0.3, 0.4) is 0 Å². The normalized spacial score (nSPS) is 13.4. The van der Waals surface area contributed by atoms with Gasteiger partial charge in [0.15, 0.2) is 0 Å². The highest BCUT2D eigenvalue weighted by Crippen LogP contribution is 2.44. The Balaban J connectivity index is 1.47. The number of aliphatic carboxylic acids is 1. The van der Waals surface area contributed by atoms with E-state index in [9.17, 15) is 9.59 Å². The number of hydrogen-bond acceptors (Lipinski definition) is 5. The number of ether oxygens (including phenoxy) is 1. The van der Waals surface area contributed by atoms with Crippen LogP contribution in [0.25, 0.3) is 11.1 Å². The predicted molar refractivity (Wildman–Crippen MR) is 111 cm³/mol. The molecule has 0 unspecified atom stereocenters. The van der Waals surface area contributed by atoms with E-state index in [1.165, 1.54) is 11.1 Å². The summed E-state index contributed by atoms with van der Waals surface area (Å²) < 4.78 is 5.45. The first-order chi connectivity index (χ1) is 14.1. The van der Waals surface area contributed by atoms with Gasteiger partial charge in [0.2, 0.25) is 0 Å². The second-order valence-electron chi connectivity index (χ2n) is 7.03. The first-order valence-electron chi connectivity index (χ1n) is 9.87. The summed E-state index contributed by atoms with van der Waals surface area (Å²) in [7, 11) is 0. The first kappa shape index (κ1) is 20.8. The van der Waals surface area contributed by atoms with Crippen molar-refractivity contribution in [3.63, 3.8) is 0 Å². The lowest BCUT2D eigenvalue weighted by atomic mass is 9.98. The number of carbonyl (C=O) groups excluding carboxylic acids is 1. The van der Waals surface area contributed by atoms with Gasteiger partial charge in [-0.2, -0.15) is 0 Å². The first-order valence-corrected chi connectivity index (χ1v) is 9.87. The third-order valence-electron chi connectivity index (χ3n) is 5.12. The molecule has 7 heteroatoms. The molecule has 0 bridgehead atoms. The van der Waals surface area contributed by atoms with Gasteiger partial charge in [-0.25, -0.2) is 4.79 Å². The van der Waals surface area contributed by atoms with Crippen molar-refractivity contribution in [3.8, 4) is 11.1 Å². The second kappa shape index (κ2) is 10.0. The van der Waals surface area contributed by atoms with Crippen molar-refractivity contribution in [1.82, 2.24) is 10.6 Å². The van der Waals surface area contributed by atoms with Crippen LogP contribution in [0, 0.1) is 0 Å². The molecule has 7 nitrogen and oxygen atoms in total. The molecule has 3 rings (SSSR count). The monoisotopic (exact) mass is 397 g/mol. The molecular formula is C22H27N3O4. The molecule has 0 aliphatic heterocycles. The van der Waals surface area contributed by atoms with Crippen molar-refractivity contribution < 1.29 is 19.4 Å². The molecule has 1 aliphatic rings. The molecule has 0 heterocycles. The van der Waals surface area contributed by atoms with Gasteiger partial charge < -0.3 is 26.2 Å². The molecule has 0 saturated carbocycles. The van der Waals surface area contributed by atoms with E-state index in [4.69, 9.17) is 15.6 Å². The zero-order valence-electron chi connectivity index (χ0n) is 16.3. The van der Waals surface area contributed by atoms with Crippen LogP contribution >= 0.6 is 0 Å². The Morgan fingerprint density at radius 1 is 1.03 bits per heavy atom. The number of benzene rings is 2. The Labute approximate surface area is 170 Å². The number of nitrogens with one attached hydrogen (secondary N) is 2. The van der Waals surface area contributed by atoms with Crippen molar-refractivity contribution in [2.24, 2.45) is 5.73 Å². The third kappa shape index (κ3) is 5.13. The minimum Gasteiger partial charge on any atom is -0.480 e. The largest absolute Gasteiger partial charge is 0.480 e. The molecule has 29 heavy (non-hydrogen) atoms. The SMILES string of the molecule is NCCC[C@H](NCCNC(=O)OCC1c2ccccc2-c2ccccc21)C(=O)O. The highest BCUT2D eigenvalue weighted by Gasteiger charge is 2.28. The Hall–Kier alpha value is -2.90. The Kier molecular flexibility index (Phi) is 7.21. The molecule has 0 aromatic heterocycles. The quantitative estimate of drug-likeness (QED) is 0.458. The molecule has 0 spiro atoms. The number of fused-ring (bicyclic) bond motifs is 3. The summed E-state index contributed by atoms with van der Waals surface area (Å²) >= 11 is 0. The number of hydrogen-bond donors (Lipinski definition) is 4. The average Bonchev–Trinajstić information content (AvgIpc) is 3.05. The van der Waals surface area contributed by atoms with Gasteiger partial charge in [0, 0.05) is 19.0 Å². The summed E-state index contributed by atoms with van der Waals surface area (Å²) in [4.78, 5) is 23.2. The van der Waals surface area contributed by atoms with Crippen LogP contribution in [0.5, 0.6) is 0 Å². The van der Waals surface area contributed by atoms with Gasteiger partial charge in [-0.05, 0) is 41.6 Å². The molecule has 0 radical (unpaired) electrons. The fraction of sp³-hybridized carbons (Fsp3) is 0.364. The fourth-order valence-corrected chi connectivity index (χ4v) is 3.70. The minimum atomic E-state index is -0.917. The average molecular weight is 397 g/mol. The minimum absolute atomic E-state index is 0.0129. The molecule has 1 atom stereocenters. The van der Waals surface area contributed by atoms with Crippen molar-refractivity contribution in [2.75, 3.05) is 26.2 Å². The standard InChI is InChI=1S/C22H27N3O4/c23-11-5-10-20(21(26)27)24-12-13-25-22(28)29-14-19-17-8-3-1-6-15(17)16-7-2-4-9-18(16)19/h1-4,6-9,19-20,24H,5,10-14,23H2,(H,25,28)(H,26,27)/t20-/m0/s1. The van der Waals surface area contributed by atoms with Crippen molar-refractivity contribution in [3.05, 3.63) is 59.7 Å². The summed E-state index contributed by atoms with van der Waals surface area (Å²) in [6, 6.07) is 15.7. The number of rotatable bonds is 10. The predicted octanol–water partition coefficient (Wildman–Crippen LogP) is 2.31. The maximum absolute atomic E-state index is 12.1. The smallest absolute Gasteiger partial charge is 0.407 e. The molecular weight excluding hydrogens is 370 g/mol. The second-order valence-corrected chi connectivity index (χ2v) is 7.03. The number of nitrogens with two attached hydrogens (primary N) is 1. The van der Waals surface area contributed by atoms with Gasteiger partial charge in [-0.15, -0.1) is 0 Å². The highest BCUT2D eigenvalue weighted by atomic mass is 16.5. The van der Waals surface area contributed by atoms with Crippen LogP contribution in [0.15, 0.2) is 48.5 Å². The maximum atomic E-state index is 12.1. The Morgan fingerprint density at radius 3 is 2.24 bits per heavy atom. The van der Waals surface area contributed by atoms with E-state index in [1.807, 2.05) is 24.3 Å². The molecule has 2 aromatic rings. The number of carboxylic acid groups (broad SMARTS) is 1. The van der Waals surface area contributed by atoms with Gasteiger partial charge in [-0.3, -0.25) is 4.79 Å². The van der Waals surface area contributed by atoms with Crippen LogP contribution in [0.2, 0.25) is 0 Å². The lowest BCUT2D eigenvalue weighted by Crippen LogP contribution is -2.41. The topological polar surface area (TPSA) is 114 Å². The van der Waals surface area contributed by atoms with Crippen molar-refractivity contribution >= 4 is 12.1 Å². The van der Waals surface area contributed by atoms with Crippen LogP contribution in [0.4, 0.5) is 4.79 Å². The van der Waals surface area contributed by atoms with Gasteiger partial charge in [0.05, 0.1) is 0 Å². The van der Waals surface area contributed by atoms with Crippen LogP contribution in [0.1, 0.15) is 29.9 Å². The van der Waals surface area contributed by atoms with Crippen molar-refractivity contribution in [1.29, 1.82) is 0 Å². The van der Waals surface area contributed by atoms with Gasteiger partial charge in [0.1, 0.15) is 12.6 Å².